The molecule has 2 amide bonds. The molecule has 3 rings (SSSR count). The van der Waals surface area contributed by atoms with Gasteiger partial charge >= 0.3 is 0 Å². The SMILES string of the molecule is COc1cc(NC(C)=O)ccc1C(=O)Nc1cccc2c1CCN(C)C2. The summed E-state index contributed by atoms with van der Waals surface area (Å²) < 4.78 is 5.33. The van der Waals surface area contributed by atoms with Crippen LogP contribution in [0.15, 0.2) is 36.4 Å². The molecule has 6 nitrogen and oxygen atoms in total. The van der Waals surface area contributed by atoms with E-state index in [9.17, 15) is 9.59 Å². The molecule has 6 heteroatoms. The van der Waals surface area contributed by atoms with Crippen molar-refractivity contribution in [3.8, 4) is 5.75 Å². The van der Waals surface area contributed by atoms with Crippen molar-refractivity contribution >= 4 is 23.2 Å². The summed E-state index contributed by atoms with van der Waals surface area (Å²) in [5, 5.41) is 5.70. The van der Waals surface area contributed by atoms with E-state index >= 15 is 0 Å². The van der Waals surface area contributed by atoms with Gasteiger partial charge in [-0.25, -0.2) is 0 Å². The standard InChI is InChI=1S/C20H23N3O3/c1-13(24)21-15-7-8-17(19(11-15)26-3)20(25)22-18-6-4-5-14-12-23(2)10-9-16(14)18/h4-8,11H,9-10,12H2,1-3H3,(H,21,24)(H,22,25). The van der Waals surface area contributed by atoms with E-state index in [1.165, 1.54) is 25.2 Å². The lowest BCUT2D eigenvalue weighted by Crippen LogP contribution is -2.27. The van der Waals surface area contributed by atoms with Crippen LogP contribution in [0.1, 0.15) is 28.4 Å². The highest BCUT2D eigenvalue weighted by atomic mass is 16.5. The Balaban J connectivity index is 1.85. The lowest BCUT2D eigenvalue weighted by molar-refractivity contribution is -0.114. The van der Waals surface area contributed by atoms with Crippen LogP contribution in [0.4, 0.5) is 11.4 Å². The van der Waals surface area contributed by atoms with Gasteiger partial charge in [-0.15, -0.1) is 0 Å². The molecule has 1 aliphatic heterocycles. The zero-order valence-corrected chi connectivity index (χ0v) is 15.3. The Morgan fingerprint density at radius 2 is 1.96 bits per heavy atom. The summed E-state index contributed by atoms with van der Waals surface area (Å²) >= 11 is 0. The Morgan fingerprint density at radius 1 is 1.15 bits per heavy atom. The second-order valence-corrected chi connectivity index (χ2v) is 6.48. The third-order valence-corrected chi connectivity index (χ3v) is 4.47. The zero-order valence-electron chi connectivity index (χ0n) is 15.3. The maximum Gasteiger partial charge on any atom is 0.259 e. The molecule has 0 fully saturated rings. The second-order valence-electron chi connectivity index (χ2n) is 6.48. The number of ether oxygens (including phenoxy) is 1. The van der Waals surface area contributed by atoms with Gasteiger partial charge < -0.3 is 20.3 Å². The van der Waals surface area contributed by atoms with E-state index < -0.39 is 0 Å². The molecule has 136 valence electrons. The number of nitrogens with one attached hydrogen (secondary N) is 2. The van der Waals surface area contributed by atoms with Crippen molar-refractivity contribution in [3.63, 3.8) is 0 Å². The first-order valence-corrected chi connectivity index (χ1v) is 8.54. The minimum atomic E-state index is -0.233. The lowest BCUT2D eigenvalue weighted by Gasteiger charge is -2.26. The number of benzene rings is 2. The number of carbonyl (C=O) groups is 2. The van der Waals surface area contributed by atoms with Crippen LogP contribution in [0.5, 0.6) is 5.75 Å². The van der Waals surface area contributed by atoms with Crippen LogP contribution in [0.2, 0.25) is 0 Å². The van der Waals surface area contributed by atoms with Gasteiger partial charge in [0.05, 0.1) is 12.7 Å². The summed E-state index contributed by atoms with van der Waals surface area (Å²) in [5.74, 6) is 0.00645. The fraction of sp³-hybridized carbons (Fsp3) is 0.300. The predicted molar refractivity (Wildman–Crippen MR) is 102 cm³/mol. The molecule has 1 heterocycles. The van der Waals surface area contributed by atoms with E-state index in [-0.39, 0.29) is 11.8 Å². The van der Waals surface area contributed by atoms with Gasteiger partial charge in [0.25, 0.3) is 5.91 Å². The highest BCUT2D eigenvalue weighted by Gasteiger charge is 2.19. The first-order chi connectivity index (χ1) is 12.5. The highest BCUT2D eigenvalue weighted by Crippen LogP contribution is 2.28. The average molecular weight is 353 g/mol. The van der Waals surface area contributed by atoms with Crippen molar-refractivity contribution in [2.45, 2.75) is 19.9 Å². The fourth-order valence-electron chi connectivity index (χ4n) is 3.22. The number of carbonyl (C=O) groups excluding carboxylic acids is 2. The first kappa shape index (κ1) is 17.9. The Bertz CT molecular complexity index is 848. The highest BCUT2D eigenvalue weighted by molar-refractivity contribution is 6.07. The topological polar surface area (TPSA) is 70.7 Å². The van der Waals surface area contributed by atoms with Crippen molar-refractivity contribution in [1.29, 1.82) is 0 Å². The normalized spacial score (nSPS) is 13.7. The van der Waals surface area contributed by atoms with Gasteiger partial charge in [0.1, 0.15) is 5.75 Å². The largest absolute Gasteiger partial charge is 0.496 e. The number of amides is 2. The van der Waals surface area contributed by atoms with E-state index in [2.05, 4.69) is 28.6 Å². The van der Waals surface area contributed by atoms with E-state index in [1.54, 1.807) is 18.2 Å². The van der Waals surface area contributed by atoms with Crippen LogP contribution in [0.25, 0.3) is 0 Å². The summed E-state index contributed by atoms with van der Waals surface area (Å²) in [4.78, 5) is 26.2. The predicted octanol–water partition coefficient (Wildman–Crippen LogP) is 2.89. The van der Waals surface area contributed by atoms with Gasteiger partial charge in [0.2, 0.25) is 5.91 Å². The Labute approximate surface area is 153 Å². The summed E-state index contributed by atoms with van der Waals surface area (Å²) in [6, 6.07) is 11.0. The monoisotopic (exact) mass is 353 g/mol. The molecule has 0 aromatic heterocycles. The zero-order chi connectivity index (χ0) is 18.7. The minimum absolute atomic E-state index is 0.176. The molecule has 0 spiro atoms. The van der Waals surface area contributed by atoms with Crippen LogP contribution in [0.3, 0.4) is 0 Å². The van der Waals surface area contributed by atoms with E-state index in [0.29, 0.717) is 17.0 Å². The number of nitrogens with zero attached hydrogens (tertiary/aromatic N) is 1. The van der Waals surface area contributed by atoms with Gasteiger partial charge in [-0.05, 0) is 42.8 Å². The second kappa shape index (κ2) is 7.58. The first-order valence-electron chi connectivity index (χ1n) is 8.54. The molecule has 0 saturated heterocycles. The molecule has 2 aromatic carbocycles. The van der Waals surface area contributed by atoms with Crippen molar-refractivity contribution in [2.24, 2.45) is 0 Å². The smallest absolute Gasteiger partial charge is 0.259 e. The number of rotatable bonds is 4. The van der Waals surface area contributed by atoms with Gasteiger partial charge in [0, 0.05) is 37.5 Å². The average Bonchev–Trinajstić information content (AvgIpc) is 2.60. The molecule has 0 radical (unpaired) electrons. The van der Waals surface area contributed by atoms with Crippen molar-refractivity contribution in [3.05, 3.63) is 53.1 Å². The van der Waals surface area contributed by atoms with Crippen LogP contribution >= 0.6 is 0 Å². The summed E-state index contributed by atoms with van der Waals surface area (Å²) in [7, 11) is 3.60. The molecule has 0 unspecified atom stereocenters. The molecule has 2 aromatic rings. The number of fused-ring (bicyclic) bond motifs is 1. The minimum Gasteiger partial charge on any atom is -0.496 e. The molecule has 0 aliphatic carbocycles. The molecule has 0 bridgehead atoms. The van der Waals surface area contributed by atoms with Crippen molar-refractivity contribution in [1.82, 2.24) is 4.90 Å². The van der Waals surface area contributed by atoms with Crippen LogP contribution in [-0.4, -0.2) is 37.4 Å². The Hall–Kier alpha value is -2.86. The number of hydrogen-bond donors (Lipinski definition) is 2. The molecule has 2 N–H and O–H groups in total. The molecular weight excluding hydrogens is 330 g/mol. The number of likely N-dealkylation sites (N-methyl/N-ethyl adjacent to an activating group) is 1. The van der Waals surface area contributed by atoms with Crippen molar-refractivity contribution < 1.29 is 14.3 Å². The number of anilines is 2. The van der Waals surface area contributed by atoms with Gasteiger partial charge in [-0.3, -0.25) is 9.59 Å². The van der Waals surface area contributed by atoms with Crippen molar-refractivity contribution in [2.75, 3.05) is 31.3 Å². The molecule has 1 aliphatic rings. The number of hydrogen-bond acceptors (Lipinski definition) is 4. The molecule has 26 heavy (non-hydrogen) atoms. The van der Waals surface area contributed by atoms with E-state index in [1.807, 2.05) is 12.1 Å². The molecular formula is C20H23N3O3. The molecule has 0 atom stereocenters. The van der Waals surface area contributed by atoms with Crippen LogP contribution < -0.4 is 15.4 Å². The number of methoxy groups -OCH3 is 1. The molecule has 0 saturated carbocycles. The summed E-state index contributed by atoms with van der Waals surface area (Å²) in [5.41, 5.74) is 4.28. The summed E-state index contributed by atoms with van der Waals surface area (Å²) in [6.45, 7) is 3.28. The van der Waals surface area contributed by atoms with Crippen LogP contribution in [0, 0.1) is 0 Å². The third-order valence-electron chi connectivity index (χ3n) is 4.47. The van der Waals surface area contributed by atoms with E-state index in [0.717, 1.165) is 25.2 Å². The lowest BCUT2D eigenvalue weighted by atomic mass is 9.98. The quantitative estimate of drug-likeness (QED) is 0.887. The maximum absolute atomic E-state index is 12.8. The summed E-state index contributed by atoms with van der Waals surface area (Å²) in [6.07, 6.45) is 0.904. The van der Waals surface area contributed by atoms with Gasteiger partial charge in [-0.1, -0.05) is 12.1 Å². The van der Waals surface area contributed by atoms with Gasteiger partial charge in [0.15, 0.2) is 0 Å². The van der Waals surface area contributed by atoms with E-state index in [4.69, 9.17) is 4.74 Å². The Morgan fingerprint density at radius 3 is 2.69 bits per heavy atom. The van der Waals surface area contributed by atoms with Gasteiger partial charge in [-0.2, -0.15) is 0 Å². The van der Waals surface area contributed by atoms with Crippen LogP contribution in [-0.2, 0) is 17.8 Å². The maximum atomic E-state index is 12.8. The Kier molecular flexibility index (Phi) is 5.23. The third kappa shape index (κ3) is 3.86. The fourth-order valence-corrected chi connectivity index (χ4v) is 3.22.